The fourth-order valence-corrected chi connectivity index (χ4v) is 5.42. The van der Waals surface area contributed by atoms with E-state index in [-0.39, 0.29) is 29.0 Å². The van der Waals surface area contributed by atoms with Crippen LogP contribution < -0.4 is 5.32 Å². The van der Waals surface area contributed by atoms with Crippen LogP contribution in [0.25, 0.3) is 0 Å². The molecule has 2 aromatic rings. The van der Waals surface area contributed by atoms with E-state index in [4.69, 9.17) is 11.6 Å². The Morgan fingerprint density at radius 3 is 1.82 bits per heavy atom. The van der Waals surface area contributed by atoms with Gasteiger partial charge in [-0.25, -0.2) is 8.42 Å². The maximum Gasteiger partial charge on any atom is 0.153 e. The zero-order chi connectivity index (χ0) is 15.6. The predicted molar refractivity (Wildman–Crippen MR) is 89.9 cm³/mol. The summed E-state index contributed by atoms with van der Waals surface area (Å²) in [6.07, 6.45) is 0. The van der Waals surface area contributed by atoms with Gasteiger partial charge in [-0.2, -0.15) is 0 Å². The summed E-state index contributed by atoms with van der Waals surface area (Å²) in [4.78, 5) is 0. The maximum absolute atomic E-state index is 11.8. The first-order chi connectivity index (χ1) is 10.6. The molecule has 1 fully saturated rings. The Labute approximate surface area is 136 Å². The van der Waals surface area contributed by atoms with Gasteiger partial charge in [0.05, 0.1) is 22.9 Å². The van der Waals surface area contributed by atoms with E-state index in [9.17, 15) is 8.42 Å². The average molecular weight is 336 g/mol. The van der Waals surface area contributed by atoms with Crippen molar-refractivity contribution in [1.29, 1.82) is 0 Å². The van der Waals surface area contributed by atoms with Crippen molar-refractivity contribution >= 4 is 21.4 Å². The number of hydrogen-bond acceptors (Lipinski definition) is 3. The van der Waals surface area contributed by atoms with Gasteiger partial charge in [0.1, 0.15) is 0 Å². The number of benzene rings is 2. The number of alkyl halides is 1. The van der Waals surface area contributed by atoms with Gasteiger partial charge in [0, 0.05) is 6.04 Å². The zero-order valence-electron chi connectivity index (χ0n) is 12.0. The topological polar surface area (TPSA) is 46.2 Å². The minimum atomic E-state index is -3.05. The first-order valence-corrected chi connectivity index (χ1v) is 9.51. The van der Waals surface area contributed by atoms with Crippen LogP contribution in [0.3, 0.4) is 0 Å². The van der Waals surface area contributed by atoms with Crippen LogP contribution in [0.4, 0.5) is 0 Å². The van der Waals surface area contributed by atoms with Gasteiger partial charge in [-0.3, -0.25) is 0 Å². The van der Waals surface area contributed by atoms with E-state index in [0.29, 0.717) is 0 Å². The molecular formula is C17H18ClNO2S. The van der Waals surface area contributed by atoms with E-state index < -0.39 is 9.84 Å². The van der Waals surface area contributed by atoms with Crippen LogP contribution in [-0.4, -0.2) is 31.3 Å². The smallest absolute Gasteiger partial charge is 0.153 e. The van der Waals surface area contributed by atoms with Gasteiger partial charge in [0.25, 0.3) is 0 Å². The molecule has 3 rings (SSSR count). The van der Waals surface area contributed by atoms with E-state index in [0.717, 1.165) is 11.1 Å². The first-order valence-electron chi connectivity index (χ1n) is 7.25. The van der Waals surface area contributed by atoms with Crippen molar-refractivity contribution in [2.24, 2.45) is 0 Å². The second-order valence-electron chi connectivity index (χ2n) is 5.62. The van der Waals surface area contributed by atoms with Gasteiger partial charge < -0.3 is 5.32 Å². The minimum Gasteiger partial charge on any atom is -0.301 e. The highest BCUT2D eigenvalue weighted by molar-refractivity contribution is 7.91. The lowest BCUT2D eigenvalue weighted by Gasteiger charge is -2.25. The van der Waals surface area contributed by atoms with Crippen LogP contribution in [-0.2, 0) is 9.84 Å². The van der Waals surface area contributed by atoms with Crippen molar-refractivity contribution in [2.75, 3.05) is 11.5 Å². The molecular weight excluding hydrogens is 318 g/mol. The highest BCUT2D eigenvalue weighted by Crippen LogP contribution is 2.26. The van der Waals surface area contributed by atoms with E-state index in [1.165, 1.54) is 0 Å². The van der Waals surface area contributed by atoms with Gasteiger partial charge in [0.15, 0.2) is 9.84 Å². The molecule has 1 saturated heterocycles. The van der Waals surface area contributed by atoms with Crippen molar-refractivity contribution in [3.05, 3.63) is 71.8 Å². The van der Waals surface area contributed by atoms with Gasteiger partial charge in [-0.15, -0.1) is 11.6 Å². The first kappa shape index (κ1) is 15.5. The normalized spacial score (nSPS) is 23.7. The molecule has 0 bridgehead atoms. The van der Waals surface area contributed by atoms with Crippen LogP contribution in [0.5, 0.6) is 0 Å². The summed E-state index contributed by atoms with van der Waals surface area (Å²) in [5, 5.41) is 3.05. The standard InChI is InChI=1S/C17H18ClNO2S/c18-15-11-22(20,21)12-16(15)19-17(13-7-3-1-4-8-13)14-9-5-2-6-10-14/h1-10,15-17,19H,11-12H2/t15-,16-/m1/s1. The Morgan fingerprint density at radius 2 is 1.41 bits per heavy atom. The van der Waals surface area contributed by atoms with Crippen molar-refractivity contribution in [1.82, 2.24) is 5.32 Å². The molecule has 2 aromatic carbocycles. The molecule has 0 aromatic heterocycles. The third-order valence-electron chi connectivity index (χ3n) is 3.93. The molecule has 2 atom stereocenters. The van der Waals surface area contributed by atoms with Crippen LogP contribution in [0, 0.1) is 0 Å². The molecule has 22 heavy (non-hydrogen) atoms. The lowest BCUT2D eigenvalue weighted by molar-refractivity contribution is 0.508. The van der Waals surface area contributed by atoms with E-state index in [1.807, 2.05) is 60.7 Å². The molecule has 0 spiro atoms. The third-order valence-corrected chi connectivity index (χ3v) is 6.31. The second-order valence-corrected chi connectivity index (χ2v) is 8.33. The number of nitrogens with one attached hydrogen (secondary N) is 1. The van der Waals surface area contributed by atoms with Crippen molar-refractivity contribution < 1.29 is 8.42 Å². The molecule has 0 saturated carbocycles. The summed E-state index contributed by atoms with van der Waals surface area (Å²) >= 11 is 6.24. The average Bonchev–Trinajstić information content (AvgIpc) is 2.78. The Kier molecular flexibility index (Phi) is 4.52. The van der Waals surface area contributed by atoms with E-state index in [1.54, 1.807) is 0 Å². The lowest BCUT2D eigenvalue weighted by Crippen LogP contribution is -2.39. The number of hydrogen-bond donors (Lipinski definition) is 1. The second kappa shape index (κ2) is 6.41. The quantitative estimate of drug-likeness (QED) is 0.874. The molecule has 0 amide bonds. The molecule has 1 aliphatic heterocycles. The molecule has 1 heterocycles. The van der Waals surface area contributed by atoms with Gasteiger partial charge in [0.2, 0.25) is 0 Å². The summed E-state index contributed by atoms with van der Waals surface area (Å²) in [5.41, 5.74) is 2.20. The molecule has 0 aliphatic carbocycles. The lowest BCUT2D eigenvalue weighted by atomic mass is 9.97. The highest BCUT2D eigenvalue weighted by Gasteiger charge is 2.37. The van der Waals surface area contributed by atoms with Crippen LogP contribution in [0.1, 0.15) is 17.2 Å². The maximum atomic E-state index is 11.8. The van der Waals surface area contributed by atoms with Crippen molar-refractivity contribution in [3.63, 3.8) is 0 Å². The molecule has 0 radical (unpaired) electrons. The monoisotopic (exact) mass is 335 g/mol. The summed E-state index contributed by atoms with van der Waals surface area (Å²) in [6.45, 7) is 0. The van der Waals surface area contributed by atoms with E-state index >= 15 is 0 Å². The molecule has 3 nitrogen and oxygen atoms in total. The fourth-order valence-electron chi connectivity index (χ4n) is 2.85. The van der Waals surface area contributed by atoms with Crippen LogP contribution in [0.15, 0.2) is 60.7 Å². The molecule has 1 aliphatic rings. The van der Waals surface area contributed by atoms with Crippen LogP contribution in [0.2, 0.25) is 0 Å². The molecule has 116 valence electrons. The predicted octanol–water partition coefficient (Wildman–Crippen LogP) is 2.77. The summed E-state index contributed by atoms with van der Waals surface area (Å²) in [6, 6.07) is 19.7. The SMILES string of the molecule is O=S1(=O)C[C@@H](Cl)[C@H](NC(c2ccccc2)c2ccccc2)C1. The Hall–Kier alpha value is -1.36. The van der Waals surface area contributed by atoms with Crippen molar-refractivity contribution in [3.8, 4) is 0 Å². The van der Waals surface area contributed by atoms with Gasteiger partial charge >= 0.3 is 0 Å². The van der Waals surface area contributed by atoms with Crippen molar-refractivity contribution in [2.45, 2.75) is 17.5 Å². The molecule has 5 heteroatoms. The molecule has 1 N–H and O–H groups in total. The summed E-state index contributed by atoms with van der Waals surface area (Å²) in [7, 11) is -3.05. The van der Waals surface area contributed by atoms with Crippen LogP contribution >= 0.6 is 11.6 Å². The Balaban J connectivity index is 1.90. The molecule has 0 unspecified atom stereocenters. The largest absolute Gasteiger partial charge is 0.301 e. The Morgan fingerprint density at radius 1 is 0.909 bits per heavy atom. The summed E-state index contributed by atoms with van der Waals surface area (Å²) < 4.78 is 23.6. The number of rotatable bonds is 4. The third kappa shape index (κ3) is 3.51. The minimum absolute atomic E-state index is 0.0442. The summed E-state index contributed by atoms with van der Waals surface area (Å²) in [5.74, 6) is 0.139. The number of sulfone groups is 1. The van der Waals surface area contributed by atoms with E-state index in [2.05, 4.69) is 5.32 Å². The fraction of sp³-hybridized carbons (Fsp3) is 0.294. The van der Waals surface area contributed by atoms with Gasteiger partial charge in [-0.1, -0.05) is 60.7 Å². The van der Waals surface area contributed by atoms with Gasteiger partial charge in [-0.05, 0) is 11.1 Å². The Bertz CT molecular complexity index is 679. The zero-order valence-corrected chi connectivity index (χ0v) is 13.6. The number of halogens is 1. The highest BCUT2D eigenvalue weighted by atomic mass is 35.5.